The summed E-state index contributed by atoms with van der Waals surface area (Å²) in [6, 6.07) is 10.8. The minimum Gasteiger partial charge on any atom is -0.507 e. The maximum Gasteiger partial charge on any atom is 0.335 e. The number of aliphatic imine (C=N–C) groups is 1. The van der Waals surface area contributed by atoms with E-state index >= 15 is 0 Å². The van der Waals surface area contributed by atoms with Crippen molar-refractivity contribution in [3.8, 4) is 5.75 Å². The van der Waals surface area contributed by atoms with Crippen LogP contribution in [0.4, 0.5) is 5.69 Å². The largest absolute Gasteiger partial charge is 0.507 e. The molecule has 0 bridgehead atoms. The summed E-state index contributed by atoms with van der Waals surface area (Å²) in [6.07, 6.45) is 1.56. The molecule has 2 aromatic rings. The highest BCUT2D eigenvalue weighted by Gasteiger charge is 2.32. The van der Waals surface area contributed by atoms with E-state index in [2.05, 4.69) is 4.99 Å². The lowest BCUT2D eigenvalue weighted by Crippen LogP contribution is -2.28. The van der Waals surface area contributed by atoms with Gasteiger partial charge < -0.3 is 10.2 Å². The van der Waals surface area contributed by atoms with Crippen LogP contribution in [0.15, 0.2) is 52.4 Å². The quantitative estimate of drug-likeness (QED) is 0.741. The minimum absolute atomic E-state index is 0.0166. The number of hydrogen-bond donors (Lipinski definition) is 2. The van der Waals surface area contributed by atoms with E-state index in [4.69, 9.17) is 16.7 Å². The SMILES string of the molecule is CCN1C(=O)/C(=C/c2cc(Cl)ccc2O)SC1=Nc1cccc(C(=O)O)c1. The molecule has 8 heteroatoms. The first-order valence-electron chi connectivity index (χ1n) is 8.01. The second kappa shape index (κ2) is 7.85. The van der Waals surface area contributed by atoms with E-state index in [-0.39, 0.29) is 17.2 Å². The predicted octanol–water partition coefficient (Wildman–Crippen LogP) is 4.37. The van der Waals surface area contributed by atoms with Gasteiger partial charge in [0.15, 0.2) is 5.17 Å². The van der Waals surface area contributed by atoms with Gasteiger partial charge >= 0.3 is 5.97 Å². The van der Waals surface area contributed by atoms with Crippen LogP contribution in [-0.2, 0) is 4.79 Å². The number of likely N-dealkylation sites (N-methyl/N-ethyl adjacent to an activating group) is 1. The topological polar surface area (TPSA) is 90.2 Å². The molecule has 1 saturated heterocycles. The number of thioether (sulfide) groups is 1. The van der Waals surface area contributed by atoms with Crippen LogP contribution < -0.4 is 0 Å². The number of amides is 1. The molecule has 6 nitrogen and oxygen atoms in total. The number of nitrogens with zero attached hydrogens (tertiary/aromatic N) is 2. The van der Waals surface area contributed by atoms with Crippen LogP contribution in [0.1, 0.15) is 22.8 Å². The molecule has 1 aliphatic heterocycles. The number of aromatic hydroxyl groups is 1. The molecule has 138 valence electrons. The van der Waals surface area contributed by atoms with Crippen molar-refractivity contribution in [1.29, 1.82) is 0 Å². The summed E-state index contributed by atoms with van der Waals surface area (Å²) in [6.45, 7) is 2.23. The van der Waals surface area contributed by atoms with Crippen molar-refractivity contribution in [3.63, 3.8) is 0 Å². The third-order valence-electron chi connectivity index (χ3n) is 3.80. The van der Waals surface area contributed by atoms with Gasteiger partial charge in [0.05, 0.1) is 16.2 Å². The molecule has 3 rings (SSSR count). The molecule has 1 fully saturated rings. The van der Waals surface area contributed by atoms with Crippen molar-refractivity contribution >= 4 is 52.2 Å². The molecular formula is C19H15ClN2O4S. The standard InChI is InChI=1S/C19H15ClN2O4S/c1-2-22-17(24)16(10-12-8-13(20)6-7-15(12)23)27-19(22)21-14-5-3-4-11(9-14)18(25)26/h3-10,23H,2H2,1H3,(H,25,26)/b16-10-,21-19?. The van der Waals surface area contributed by atoms with Gasteiger partial charge in [-0.2, -0.15) is 0 Å². The minimum atomic E-state index is -1.04. The van der Waals surface area contributed by atoms with Gasteiger partial charge in [0, 0.05) is 17.1 Å². The van der Waals surface area contributed by atoms with Crippen molar-refractivity contribution in [2.45, 2.75) is 6.92 Å². The molecule has 2 aromatic carbocycles. The number of phenols is 1. The molecule has 1 aliphatic rings. The van der Waals surface area contributed by atoms with Crippen LogP contribution in [0.2, 0.25) is 5.02 Å². The second-order valence-corrected chi connectivity index (χ2v) is 7.06. The fourth-order valence-electron chi connectivity index (χ4n) is 2.47. The van der Waals surface area contributed by atoms with Gasteiger partial charge in [-0.3, -0.25) is 9.69 Å². The van der Waals surface area contributed by atoms with Gasteiger partial charge in [0.1, 0.15) is 5.75 Å². The normalized spacial score (nSPS) is 17.1. The summed E-state index contributed by atoms with van der Waals surface area (Å²) in [4.78, 5) is 30.1. The van der Waals surface area contributed by atoms with Crippen LogP contribution >= 0.6 is 23.4 Å². The zero-order valence-electron chi connectivity index (χ0n) is 14.2. The monoisotopic (exact) mass is 402 g/mol. The van der Waals surface area contributed by atoms with Crippen molar-refractivity contribution in [2.75, 3.05) is 6.54 Å². The number of rotatable bonds is 4. The Bertz CT molecular complexity index is 987. The Morgan fingerprint density at radius 3 is 2.78 bits per heavy atom. The van der Waals surface area contributed by atoms with Gasteiger partial charge in [-0.25, -0.2) is 9.79 Å². The van der Waals surface area contributed by atoms with Crippen molar-refractivity contribution < 1.29 is 19.8 Å². The number of halogens is 1. The second-order valence-electron chi connectivity index (χ2n) is 5.61. The average molecular weight is 403 g/mol. The van der Waals surface area contributed by atoms with Crippen molar-refractivity contribution in [2.24, 2.45) is 4.99 Å². The Hall–Kier alpha value is -2.77. The molecule has 0 unspecified atom stereocenters. The molecule has 0 atom stereocenters. The first kappa shape index (κ1) is 19.0. The number of carbonyl (C=O) groups excluding carboxylic acids is 1. The van der Waals surface area contributed by atoms with E-state index in [1.807, 2.05) is 6.92 Å². The van der Waals surface area contributed by atoms with Gasteiger partial charge in [-0.1, -0.05) is 17.7 Å². The average Bonchev–Trinajstić information content (AvgIpc) is 2.93. The Labute approximate surface area is 164 Å². The lowest BCUT2D eigenvalue weighted by atomic mass is 10.2. The number of carboxylic acid groups (broad SMARTS) is 1. The van der Waals surface area contributed by atoms with Gasteiger partial charge in [-0.15, -0.1) is 0 Å². The maximum atomic E-state index is 12.7. The van der Waals surface area contributed by atoms with Crippen molar-refractivity contribution in [1.82, 2.24) is 4.90 Å². The first-order valence-corrected chi connectivity index (χ1v) is 9.20. The zero-order chi connectivity index (χ0) is 19.6. The molecule has 27 heavy (non-hydrogen) atoms. The lowest BCUT2D eigenvalue weighted by Gasteiger charge is -2.12. The molecule has 0 aliphatic carbocycles. The molecule has 0 radical (unpaired) electrons. The van der Waals surface area contributed by atoms with Crippen LogP contribution in [0.25, 0.3) is 6.08 Å². The predicted molar refractivity (Wildman–Crippen MR) is 107 cm³/mol. The third-order valence-corrected chi connectivity index (χ3v) is 5.04. The maximum absolute atomic E-state index is 12.7. The highest BCUT2D eigenvalue weighted by Crippen LogP contribution is 2.35. The molecular weight excluding hydrogens is 388 g/mol. The molecule has 0 aromatic heterocycles. The summed E-state index contributed by atoms with van der Waals surface area (Å²) < 4.78 is 0. The Morgan fingerprint density at radius 2 is 2.07 bits per heavy atom. The zero-order valence-corrected chi connectivity index (χ0v) is 15.8. The van der Waals surface area contributed by atoms with E-state index in [0.717, 1.165) is 11.8 Å². The Morgan fingerprint density at radius 1 is 1.30 bits per heavy atom. The molecule has 2 N–H and O–H groups in total. The summed E-state index contributed by atoms with van der Waals surface area (Å²) in [5.41, 5.74) is 0.993. The smallest absolute Gasteiger partial charge is 0.335 e. The number of hydrogen-bond acceptors (Lipinski definition) is 5. The Balaban J connectivity index is 1.97. The van der Waals surface area contributed by atoms with E-state index in [0.29, 0.717) is 32.9 Å². The number of carbonyl (C=O) groups is 2. The van der Waals surface area contributed by atoms with E-state index in [9.17, 15) is 14.7 Å². The third kappa shape index (κ3) is 4.15. The fourth-order valence-corrected chi connectivity index (χ4v) is 3.71. The lowest BCUT2D eigenvalue weighted by molar-refractivity contribution is -0.122. The summed E-state index contributed by atoms with van der Waals surface area (Å²) >= 11 is 7.11. The number of carboxylic acids is 1. The molecule has 0 spiro atoms. The van der Waals surface area contributed by atoms with Crippen LogP contribution in [0, 0.1) is 0 Å². The summed E-state index contributed by atoms with van der Waals surface area (Å²) in [5, 5.41) is 20.0. The van der Waals surface area contributed by atoms with Gasteiger partial charge in [0.2, 0.25) is 0 Å². The van der Waals surface area contributed by atoms with Crippen LogP contribution in [0.3, 0.4) is 0 Å². The van der Waals surface area contributed by atoms with Crippen LogP contribution in [-0.4, -0.2) is 38.7 Å². The Kier molecular flexibility index (Phi) is 5.53. The number of aromatic carboxylic acids is 1. The van der Waals surface area contributed by atoms with E-state index in [1.165, 1.54) is 23.1 Å². The summed E-state index contributed by atoms with van der Waals surface area (Å²) in [7, 11) is 0. The molecule has 1 amide bonds. The van der Waals surface area contributed by atoms with Gasteiger partial charge in [-0.05, 0) is 61.2 Å². The number of phenolic OH excluding ortho intramolecular Hbond substituents is 1. The highest BCUT2D eigenvalue weighted by molar-refractivity contribution is 8.18. The highest BCUT2D eigenvalue weighted by atomic mass is 35.5. The van der Waals surface area contributed by atoms with E-state index in [1.54, 1.807) is 30.3 Å². The molecule has 0 saturated carbocycles. The van der Waals surface area contributed by atoms with Crippen molar-refractivity contribution in [3.05, 3.63) is 63.5 Å². The first-order chi connectivity index (χ1) is 12.9. The number of benzene rings is 2. The summed E-state index contributed by atoms with van der Waals surface area (Å²) in [5.74, 6) is -1.27. The fraction of sp³-hybridized carbons (Fsp3) is 0.105. The van der Waals surface area contributed by atoms with E-state index < -0.39 is 5.97 Å². The molecule has 1 heterocycles. The van der Waals surface area contributed by atoms with Gasteiger partial charge in [0.25, 0.3) is 5.91 Å². The number of amidine groups is 1. The van der Waals surface area contributed by atoms with Crippen LogP contribution in [0.5, 0.6) is 5.75 Å².